The molecule has 7 heteroatoms. The van der Waals surface area contributed by atoms with Gasteiger partial charge >= 0.3 is 5.69 Å². The molecule has 0 spiro atoms. The minimum absolute atomic E-state index is 0.0175. The first kappa shape index (κ1) is 20.1. The summed E-state index contributed by atoms with van der Waals surface area (Å²) in [5.41, 5.74) is 2.59. The van der Waals surface area contributed by atoms with Crippen molar-refractivity contribution in [3.8, 4) is 0 Å². The molecule has 1 aliphatic heterocycles. The Morgan fingerprint density at radius 1 is 1.13 bits per heavy atom. The molecule has 30 heavy (non-hydrogen) atoms. The molecule has 0 unspecified atom stereocenters. The van der Waals surface area contributed by atoms with E-state index in [2.05, 4.69) is 36.1 Å². The van der Waals surface area contributed by atoms with E-state index in [1.165, 1.54) is 0 Å². The van der Waals surface area contributed by atoms with Crippen molar-refractivity contribution < 1.29 is 4.79 Å². The number of aromatic amines is 1. The third-order valence-electron chi connectivity index (χ3n) is 6.05. The number of nitrogens with one attached hydrogen (secondary N) is 2. The van der Waals surface area contributed by atoms with E-state index in [0.717, 1.165) is 22.2 Å². The lowest BCUT2D eigenvalue weighted by Crippen LogP contribution is -2.35. The number of amidine groups is 1. The fourth-order valence-electron chi connectivity index (χ4n) is 3.64. The average molecular weight is 406 g/mol. The molecular formula is C23H27N5O2. The van der Waals surface area contributed by atoms with Gasteiger partial charge in [-0.2, -0.15) is 0 Å². The lowest BCUT2D eigenvalue weighted by molar-refractivity contribution is -0.123. The van der Waals surface area contributed by atoms with Gasteiger partial charge in [0.05, 0.1) is 16.7 Å². The van der Waals surface area contributed by atoms with Gasteiger partial charge in [0.2, 0.25) is 0 Å². The standard InChI is InChI=1S/C23H27N5O2/c1-13-7-10-18(24-12-13)23(6)20(29)26-19(27-23)15-8-9-16-17(11-15)28(21(30)25-16)14(2)22(3,4)5/h7-12,14H,1-6H3,(H,25,30)(H,26,27,29)/t14-,23+/m1/s1. The van der Waals surface area contributed by atoms with Crippen LogP contribution in [-0.2, 0) is 10.3 Å². The van der Waals surface area contributed by atoms with Crippen LogP contribution in [0.3, 0.4) is 0 Å². The molecule has 3 heterocycles. The van der Waals surface area contributed by atoms with Crippen LogP contribution >= 0.6 is 0 Å². The molecule has 0 aliphatic carbocycles. The third-order valence-corrected chi connectivity index (χ3v) is 6.05. The van der Waals surface area contributed by atoms with Crippen LogP contribution in [0, 0.1) is 12.3 Å². The summed E-state index contributed by atoms with van der Waals surface area (Å²) in [5.74, 6) is 0.263. The maximum Gasteiger partial charge on any atom is 0.326 e. The average Bonchev–Trinajstić information content (AvgIpc) is 3.16. The van der Waals surface area contributed by atoms with Crippen molar-refractivity contribution in [1.29, 1.82) is 0 Å². The molecule has 1 aromatic carbocycles. The van der Waals surface area contributed by atoms with Crippen LogP contribution in [0.15, 0.2) is 46.3 Å². The quantitative estimate of drug-likeness (QED) is 0.699. The Morgan fingerprint density at radius 3 is 2.50 bits per heavy atom. The molecule has 0 saturated carbocycles. The van der Waals surface area contributed by atoms with Gasteiger partial charge in [-0.3, -0.25) is 14.3 Å². The third kappa shape index (κ3) is 3.14. The Hall–Kier alpha value is -3.22. The summed E-state index contributed by atoms with van der Waals surface area (Å²) >= 11 is 0. The van der Waals surface area contributed by atoms with E-state index in [-0.39, 0.29) is 23.1 Å². The number of nitrogens with zero attached hydrogens (tertiary/aromatic N) is 3. The van der Waals surface area contributed by atoms with Gasteiger partial charge in [0, 0.05) is 17.8 Å². The summed E-state index contributed by atoms with van der Waals surface area (Å²) in [6.45, 7) is 12.1. The summed E-state index contributed by atoms with van der Waals surface area (Å²) in [6, 6.07) is 9.36. The molecule has 3 aromatic rings. The molecule has 2 N–H and O–H groups in total. The van der Waals surface area contributed by atoms with Crippen molar-refractivity contribution in [3.05, 3.63) is 63.8 Å². The second-order valence-corrected chi connectivity index (χ2v) is 9.28. The lowest BCUT2D eigenvalue weighted by atomic mass is 9.88. The number of imidazole rings is 1. The normalized spacial score (nSPS) is 20.3. The number of hydrogen-bond donors (Lipinski definition) is 2. The van der Waals surface area contributed by atoms with Crippen LogP contribution in [0.4, 0.5) is 0 Å². The smallest absolute Gasteiger partial charge is 0.308 e. The summed E-state index contributed by atoms with van der Waals surface area (Å²) < 4.78 is 1.77. The number of carbonyl (C=O) groups excluding carboxylic acids is 1. The van der Waals surface area contributed by atoms with Gasteiger partial charge in [-0.15, -0.1) is 0 Å². The Labute approximate surface area is 175 Å². The van der Waals surface area contributed by atoms with Crippen molar-refractivity contribution in [2.45, 2.75) is 53.1 Å². The highest BCUT2D eigenvalue weighted by Crippen LogP contribution is 2.32. The SMILES string of the molecule is Cc1ccc([C@]2(C)N=C(c3ccc4[nH]c(=O)n([C@H](C)C(C)(C)C)c4c3)NC2=O)nc1. The molecule has 2 atom stereocenters. The Balaban J connectivity index is 1.81. The maximum atomic E-state index is 12.8. The molecule has 0 fully saturated rings. The van der Waals surface area contributed by atoms with E-state index < -0.39 is 5.54 Å². The number of aliphatic imine (C=N–C) groups is 1. The largest absolute Gasteiger partial charge is 0.326 e. The van der Waals surface area contributed by atoms with Gasteiger partial charge in [-0.05, 0) is 56.0 Å². The van der Waals surface area contributed by atoms with Crippen LogP contribution in [0.2, 0.25) is 0 Å². The molecule has 4 rings (SSSR count). The lowest BCUT2D eigenvalue weighted by Gasteiger charge is -2.28. The van der Waals surface area contributed by atoms with E-state index in [1.807, 2.05) is 44.2 Å². The Bertz CT molecular complexity index is 1230. The zero-order chi connectivity index (χ0) is 21.8. The van der Waals surface area contributed by atoms with Crippen LogP contribution in [-0.4, -0.2) is 26.3 Å². The first-order valence-corrected chi connectivity index (χ1v) is 10.1. The molecule has 0 bridgehead atoms. The highest BCUT2D eigenvalue weighted by Gasteiger charge is 2.42. The number of rotatable bonds is 3. The molecule has 1 amide bonds. The predicted molar refractivity (Wildman–Crippen MR) is 118 cm³/mol. The number of aromatic nitrogens is 3. The van der Waals surface area contributed by atoms with Crippen LogP contribution < -0.4 is 11.0 Å². The van der Waals surface area contributed by atoms with Crippen LogP contribution in [0.5, 0.6) is 0 Å². The number of pyridine rings is 1. The Kier molecular flexibility index (Phi) is 4.45. The van der Waals surface area contributed by atoms with Gasteiger partial charge in [-0.1, -0.05) is 26.8 Å². The number of carbonyl (C=O) groups is 1. The predicted octanol–water partition coefficient (Wildman–Crippen LogP) is 3.43. The number of fused-ring (bicyclic) bond motifs is 1. The zero-order valence-corrected chi connectivity index (χ0v) is 18.2. The summed E-state index contributed by atoms with van der Waals surface area (Å²) in [7, 11) is 0. The number of amides is 1. The van der Waals surface area contributed by atoms with Crippen LogP contribution in [0.25, 0.3) is 11.0 Å². The van der Waals surface area contributed by atoms with E-state index in [9.17, 15) is 9.59 Å². The fraction of sp³-hybridized carbons (Fsp3) is 0.391. The zero-order valence-electron chi connectivity index (χ0n) is 18.2. The molecule has 1 aliphatic rings. The van der Waals surface area contributed by atoms with Gasteiger partial charge in [0.1, 0.15) is 5.84 Å². The number of benzene rings is 1. The molecule has 156 valence electrons. The number of aryl methyl sites for hydroxylation is 1. The molecular weight excluding hydrogens is 378 g/mol. The minimum atomic E-state index is -1.09. The van der Waals surface area contributed by atoms with E-state index in [4.69, 9.17) is 4.99 Å². The van der Waals surface area contributed by atoms with E-state index in [1.54, 1.807) is 17.7 Å². The summed E-state index contributed by atoms with van der Waals surface area (Å²) in [6.07, 6.45) is 1.74. The van der Waals surface area contributed by atoms with E-state index >= 15 is 0 Å². The van der Waals surface area contributed by atoms with Crippen molar-refractivity contribution in [2.75, 3.05) is 0 Å². The van der Waals surface area contributed by atoms with Crippen molar-refractivity contribution >= 4 is 22.8 Å². The first-order valence-electron chi connectivity index (χ1n) is 10.1. The molecule has 0 saturated heterocycles. The van der Waals surface area contributed by atoms with Gasteiger partial charge in [0.15, 0.2) is 5.54 Å². The molecule has 2 aromatic heterocycles. The molecule has 7 nitrogen and oxygen atoms in total. The van der Waals surface area contributed by atoms with E-state index in [0.29, 0.717) is 11.5 Å². The monoisotopic (exact) mass is 405 g/mol. The number of hydrogen-bond acceptors (Lipinski definition) is 4. The van der Waals surface area contributed by atoms with Crippen molar-refractivity contribution in [1.82, 2.24) is 19.9 Å². The highest BCUT2D eigenvalue weighted by atomic mass is 16.2. The highest BCUT2D eigenvalue weighted by molar-refractivity contribution is 6.15. The minimum Gasteiger partial charge on any atom is -0.308 e. The molecule has 0 radical (unpaired) electrons. The maximum absolute atomic E-state index is 12.8. The van der Waals surface area contributed by atoms with Crippen LogP contribution in [0.1, 0.15) is 57.5 Å². The number of H-pyrrole nitrogens is 1. The first-order chi connectivity index (χ1) is 14.0. The summed E-state index contributed by atoms with van der Waals surface area (Å²) in [5, 5.41) is 2.90. The van der Waals surface area contributed by atoms with Gasteiger partial charge in [-0.25, -0.2) is 9.79 Å². The van der Waals surface area contributed by atoms with Gasteiger partial charge in [0.25, 0.3) is 5.91 Å². The van der Waals surface area contributed by atoms with Crippen molar-refractivity contribution in [2.24, 2.45) is 10.4 Å². The van der Waals surface area contributed by atoms with Gasteiger partial charge < -0.3 is 10.3 Å². The second kappa shape index (κ2) is 6.65. The fourth-order valence-corrected chi connectivity index (χ4v) is 3.64. The Morgan fingerprint density at radius 2 is 1.87 bits per heavy atom. The summed E-state index contributed by atoms with van der Waals surface area (Å²) in [4.78, 5) is 37.5. The second-order valence-electron chi connectivity index (χ2n) is 9.28. The van der Waals surface area contributed by atoms with Crippen molar-refractivity contribution in [3.63, 3.8) is 0 Å². The topological polar surface area (TPSA) is 92.1 Å².